The summed E-state index contributed by atoms with van der Waals surface area (Å²) in [7, 11) is 0. The molecule has 0 unspecified atom stereocenters. The van der Waals surface area contributed by atoms with Gasteiger partial charge in [-0.15, -0.1) is 0 Å². The van der Waals surface area contributed by atoms with Gasteiger partial charge in [0.05, 0.1) is 0 Å². The Hall–Kier alpha value is -2.97. The number of aliphatic hydroxyl groups excluding tert-OH is 1. The van der Waals surface area contributed by atoms with E-state index in [1.165, 1.54) is 4.90 Å². The molecule has 176 valence electrons. The molecule has 0 aromatic heterocycles. The van der Waals surface area contributed by atoms with Crippen molar-refractivity contribution in [3.8, 4) is 11.1 Å². The maximum Gasteiger partial charge on any atom is 0.332 e. The van der Waals surface area contributed by atoms with E-state index >= 15 is 0 Å². The molecule has 2 atom stereocenters. The quantitative estimate of drug-likeness (QED) is 0.533. The Bertz CT molecular complexity index is 993. The molecule has 33 heavy (non-hydrogen) atoms. The number of carbonyl (C=O) groups is 3. The van der Waals surface area contributed by atoms with Gasteiger partial charge in [-0.1, -0.05) is 48.0 Å². The van der Waals surface area contributed by atoms with Crippen molar-refractivity contribution >= 4 is 29.4 Å². The number of piperidine rings is 1. The minimum atomic E-state index is -1.70. The van der Waals surface area contributed by atoms with Crippen molar-refractivity contribution in [1.82, 2.24) is 10.2 Å². The van der Waals surface area contributed by atoms with Crippen LogP contribution >= 0.6 is 11.6 Å². The molecule has 2 amide bonds. The lowest BCUT2D eigenvalue weighted by Crippen LogP contribution is -2.50. The van der Waals surface area contributed by atoms with Crippen LogP contribution < -0.4 is 5.32 Å². The maximum atomic E-state index is 13.3. The Balaban J connectivity index is 1.69. The summed E-state index contributed by atoms with van der Waals surface area (Å²) in [6, 6.07) is 14.0. The summed E-state index contributed by atoms with van der Waals surface area (Å²) >= 11 is 6.04. The van der Waals surface area contributed by atoms with E-state index in [-0.39, 0.29) is 38.8 Å². The van der Waals surface area contributed by atoms with Gasteiger partial charge in [-0.3, -0.25) is 9.59 Å². The predicted molar refractivity (Wildman–Crippen MR) is 121 cm³/mol. The number of likely N-dealkylation sites (tertiary alicyclic amines) is 1. The van der Waals surface area contributed by atoms with Crippen LogP contribution in [0.1, 0.15) is 24.8 Å². The van der Waals surface area contributed by atoms with Crippen LogP contribution in [0.2, 0.25) is 5.02 Å². The number of carbonyl (C=O) groups excluding carboxylic acids is 2. The minimum Gasteiger partial charge on any atom is -0.479 e. The molecule has 0 spiro atoms. The van der Waals surface area contributed by atoms with Crippen molar-refractivity contribution in [2.24, 2.45) is 0 Å². The fourth-order valence-electron chi connectivity index (χ4n) is 3.79. The van der Waals surface area contributed by atoms with Gasteiger partial charge in [0, 0.05) is 30.6 Å². The molecule has 1 aliphatic heterocycles. The maximum absolute atomic E-state index is 13.3. The van der Waals surface area contributed by atoms with Gasteiger partial charge in [0.25, 0.3) is 0 Å². The molecule has 2 aromatic carbocycles. The third-order valence-electron chi connectivity index (χ3n) is 5.63. The van der Waals surface area contributed by atoms with Gasteiger partial charge in [-0.25, -0.2) is 9.18 Å². The minimum absolute atomic E-state index is 0.154. The van der Waals surface area contributed by atoms with E-state index in [4.69, 9.17) is 16.7 Å². The van der Waals surface area contributed by atoms with E-state index in [1.807, 2.05) is 42.5 Å². The molecule has 7 nitrogen and oxygen atoms in total. The number of nitrogens with one attached hydrogen (secondary N) is 1. The summed E-state index contributed by atoms with van der Waals surface area (Å²) in [6.45, 7) is 0.307. The fourth-order valence-corrected chi connectivity index (χ4v) is 3.98. The number of aliphatic hydroxyl groups is 1. The number of halogens is 2. The van der Waals surface area contributed by atoms with Crippen molar-refractivity contribution in [2.75, 3.05) is 13.1 Å². The molecule has 1 aliphatic rings. The van der Waals surface area contributed by atoms with Crippen molar-refractivity contribution in [2.45, 2.75) is 44.0 Å². The molecule has 0 radical (unpaired) electrons. The van der Waals surface area contributed by atoms with Gasteiger partial charge in [-0.05, 0) is 48.1 Å². The summed E-state index contributed by atoms with van der Waals surface area (Å²) in [5.74, 6) is -3.10. The van der Waals surface area contributed by atoms with Crippen LogP contribution in [0, 0.1) is 0 Å². The van der Waals surface area contributed by atoms with E-state index in [2.05, 4.69) is 5.32 Å². The first-order chi connectivity index (χ1) is 15.7. The zero-order valence-corrected chi connectivity index (χ0v) is 18.7. The van der Waals surface area contributed by atoms with E-state index < -0.39 is 36.1 Å². The molecule has 1 fully saturated rings. The number of benzene rings is 2. The lowest BCUT2D eigenvalue weighted by atomic mass is 9.97. The molecular formula is C24H26ClFN2O5. The molecule has 1 heterocycles. The normalized spacial score (nSPS) is 16.2. The summed E-state index contributed by atoms with van der Waals surface area (Å²) in [5.41, 5.74) is 2.65. The number of hydrogen-bond donors (Lipinski definition) is 3. The lowest BCUT2D eigenvalue weighted by Gasteiger charge is -2.29. The summed E-state index contributed by atoms with van der Waals surface area (Å²) in [6.07, 6.45) is -2.37. The number of amides is 2. The number of aliphatic carboxylic acids is 1. The Morgan fingerprint density at radius 3 is 2.36 bits per heavy atom. The average molecular weight is 477 g/mol. The van der Waals surface area contributed by atoms with Gasteiger partial charge in [-0.2, -0.15) is 0 Å². The van der Waals surface area contributed by atoms with Crippen molar-refractivity contribution in [1.29, 1.82) is 0 Å². The van der Waals surface area contributed by atoms with Crippen LogP contribution in [0.3, 0.4) is 0 Å². The zero-order chi connectivity index (χ0) is 24.0. The Kier molecular flexibility index (Phi) is 8.41. The summed E-state index contributed by atoms with van der Waals surface area (Å²) < 4.78 is 13.3. The monoisotopic (exact) mass is 476 g/mol. The lowest BCUT2D eigenvalue weighted by molar-refractivity contribution is -0.149. The molecule has 9 heteroatoms. The van der Waals surface area contributed by atoms with Crippen molar-refractivity contribution < 1.29 is 29.0 Å². The predicted octanol–water partition coefficient (Wildman–Crippen LogP) is 2.83. The molecule has 2 aromatic rings. The number of carboxylic acids is 1. The van der Waals surface area contributed by atoms with Gasteiger partial charge in [0.15, 0.2) is 6.10 Å². The second-order valence-corrected chi connectivity index (χ2v) is 8.57. The number of carboxylic acid groups (broad SMARTS) is 1. The highest BCUT2D eigenvalue weighted by molar-refractivity contribution is 6.35. The third-order valence-corrected chi connectivity index (χ3v) is 5.86. The smallest absolute Gasteiger partial charge is 0.332 e. The number of rotatable bonds is 7. The second kappa shape index (κ2) is 11.2. The Labute approximate surface area is 196 Å². The van der Waals surface area contributed by atoms with E-state index in [9.17, 15) is 23.9 Å². The van der Waals surface area contributed by atoms with Crippen LogP contribution in [0.4, 0.5) is 4.39 Å². The molecule has 0 bridgehead atoms. The van der Waals surface area contributed by atoms with Crippen molar-refractivity contribution in [3.05, 3.63) is 59.1 Å². The van der Waals surface area contributed by atoms with Gasteiger partial charge >= 0.3 is 17.8 Å². The Morgan fingerprint density at radius 1 is 1.09 bits per heavy atom. The zero-order valence-electron chi connectivity index (χ0n) is 17.9. The van der Waals surface area contributed by atoms with Gasteiger partial charge < -0.3 is 20.4 Å². The molecule has 3 N–H and O–H groups in total. The molecule has 3 rings (SSSR count). The topological polar surface area (TPSA) is 107 Å². The SMILES string of the molecule is O=C(N[C@H](Cc1ccc(-c2cccc(Cl)c2)cc1)C[C@@H](O)C(=O)O)C(=O)N1CCC(F)CC1. The molecule has 0 saturated carbocycles. The molecule has 1 saturated heterocycles. The largest absolute Gasteiger partial charge is 0.479 e. The first-order valence-corrected chi connectivity index (χ1v) is 11.1. The third kappa shape index (κ3) is 7.00. The first kappa shape index (κ1) is 24.7. The number of alkyl halides is 1. The average Bonchev–Trinajstić information content (AvgIpc) is 2.79. The first-order valence-electron chi connectivity index (χ1n) is 10.7. The van der Waals surface area contributed by atoms with Gasteiger partial charge in [0.2, 0.25) is 0 Å². The Morgan fingerprint density at radius 2 is 1.76 bits per heavy atom. The molecule has 0 aliphatic carbocycles. The van der Waals surface area contributed by atoms with E-state index in [0.29, 0.717) is 5.02 Å². The summed E-state index contributed by atoms with van der Waals surface area (Å²) in [5, 5.41) is 22.1. The summed E-state index contributed by atoms with van der Waals surface area (Å²) in [4.78, 5) is 37.4. The van der Waals surface area contributed by atoms with E-state index in [0.717, 1.165) is 16.7 Å². The highest BCUT2D eigenvalue weighted by Crippen LogP contribution is 2.23. The second-order valence-electron chi connectivity index (χ2n) is 8.14. The van der Waals surface area contributed by atoms with Crippen LogP contribution in [0.15, 0.2) is 48.5 Å². The highest BCUT2D eigenvalue weighted by Gasteiger charge is 2.29. The number of nitrogens with zero attached hydrogens (tertiary/aromatic N) is 1. The van der Waals surface area contributed by atoms with Crippen LogP contribution in [-0.4, -0.2) is 64.3 Å². The number of hydrogen-bond acceptors (Lipinski definition) is 4. The molecular weight excluding hydrogens is 451 g/mol. The van der Waals surface area contributed by atoms with Crippen LogP contribution in [0.5, 0.6) is 0 Å². The van der Waals surface area contributed by atoms with Gasteiger partial charge in [0.1, 0.15) is 6.17 Å². The standard InChI is InChI=1S/C24H26ClFN2O5/c25-18-3-1-2-17(13-18)16-6-4-15(5-7-16)12-20(14-21(29)24(32)33)27-22(30)23(31)28-10-8-19(26)9-11-28/h1-7,13,19-21,29H,8-12,14H2,(H,27,30)(H,32,33)/t20-,21-/m1/s1. The highest BCUT2D eigenvalue weighted by atomic mass is 35.5. The van der Waals surface area contributed by atoms with Crippen molar-refractivity contribution in [3.63, 3.8) is 0 Å². The van der Waals surface area contributed by atoms with Crippen LogP contribution in [0.25, 0.3) is 11.1 Å². The fraction of sp³-hybridized carbons (Fsp3) is 0.375. The van der Waals surface area contributed by atoms with E-state index in [1.54, 1.807) is 6.07 Å². The van der Waals surface area contributed by atoms with Crippen LogP contribution in [-0.2, 0) is 20.8 Å².